The predicted molar refractivity (Wildman–Crippen MR) is 99.9 cm³/mol. The third-order valence-electron chi connectivity index (χ3n) is 4.41. The fraction of sp³-hybridized carbons (Fsp3) is 0.450. The van der Waals surface area contributed by atoms with Crippen molar-refractivity contribution in [2.45, 2.75) is 45.8 Å². The van der Waals surface area contributed by atoms with Crippen molar-refractivity contribution in [1.82, 2.24) is 20.3 Å². The first-order valence-corrected chi connectivity index (χ1v) is 9.41. The zero-order valence-electron chi connectivity index (χ0n) is 16.5. The SMILES string of the molecule is Cc1cc(C(=O)NCc2cnc(OCC(F)(F)F)c(C)c2)nc(CC(=O)C2CC2)n1. The van der Waals surface area contributed by atoms with Crippen molar-refractivity contribution in [2.75, 3.05) is 6.61 Å². The van der Waals surface area contributed by atoms with E-state index in [9.17, 15) is 22.8 Å². The average molecular weight is 422 g/mol. The van der Waals surface area contributed by atoms with Crippen LogP contribution in [-0.4, -0.2) is 39.4 Å². The van der Waals surface area contributed by atoms with Gasteiger partial charge in [0.05, 0.1) is 6.42 Å². The topological polar surface area (TPSA) is 94.1 Å². The van der Waals surface area contributed by atoms with Crippen LogP contribution >= 0.6 is 0 Å². The lowest BCUT2D eigenvalue weighted by Gasteiger charge is -2.12. The minimum Gasteiger partial charge on any atom is -0.468 e. The second-order valence-corrected chi connectivity index (χ2v) is 7.28. The van der Waals surface area contributed by atoms with E-state index in [4.69, 9.17) is 0 Å². The Kier molecular flexibility index (Phi) is 6.33. The van der Waals surface area contributed by atoms with Crippen molar-refractivity contribution in [3.8, 4) is 5.88 Å². The van der Waals surface area contributed by atoms with Crippen LogP contribution in [-0.2, 0) is 17.8 Å². The van der Waals surface area contributed by atoms with Gasteiger partial charge in [0.25, 0.3) is 5.91 Å². The van der Waals surface area contributed by atoms with Crippen LogP contribution in [0.25, 0.3) is 0 Å². The van der Waals surface area contributed by atoms with Gasteiger partial charge in [-0.25, -0.2) is 15.0 Å². The average Bonchev–Trinajstić information content (AvgIpc) is 3.49. The predicted octanol–water partition coefficient (Wildman–Crippen LogP) is 2.88. The molecule has 0 saturated heterocycles. The largest absolute Gasteiger partial charge is 0.468 e. The fourth-order valence-electron chi connectivity index (χ4n) is 2.82. The zero-order chi connectivity index (χ0) is 21.9. The minimum absolute atomic E-state index is 0.0846. The van der Waals surface area contributed by atoms with Gasteiger partial charge in [-0.15, -0.1) is 0 Å². The molecule has 2 aromatic rings. The summed E-state index contributed by atoms with van der Waals surface area (Å²) >= 11 is 0. The molecule has 0 aliphatic heterocycles. The summed E-state index contributed by atoms with van der Waals surface area (Å²) in [5.41, 5.74) is 1.74. The number of hydrogen-bond donors (Lipinski definition) is 1. The van der Waals surface area contributed by atoms with Crippen LogP contribution in [0, 0.1) is 19.8 Å². The summed E-state index contributed by atoms with van der Waals surface area (Å²) in [5, 5.41) is 2.69. The zero-order valence-corrected chi connectivity index (χ0v) is 16.5. The number of ether oxygens (including phenoxy) is 1. The Bertz CT molecular complexity index is 959. The van der Waals surface area contributed by atoms with E-state index in [2.05, 4.69) is 25.0 Å². The number of hydrogen-bond acceptors (Lipinski definition) is 6. The number of nitrogens with one attached hydrogen (secondary N) is 1. The van der Waals surface area contributed by atoms with Gasteiger partial charge in [-0.3, -0.25) is 9.59 Å². The Balaban J connectivity index is 1.60. The van der Waals surface area contributed by atoms with Gasteiger partial charge < -0.3 is 10.1 Å². The molecule has 10 heteroatoms. The first-order chi connectivity index (χ1) is 14.1. The number of carbonyl (C=O) groups excluding carboxylic acids is 2. The highest BCUT2D eigenvalue weighted by atomic mass is 19.4. The number of carbonyl (C=O) groups is 2. The number of ketones is 1. The number of halogens is 3. The molecule has 0 unspecified atom stereocenters. The summed E-state index contributed by atoms with van der Waals surface area (Å²) in [6.07, 6.45) is -1.21. The Labute approximate surface area is 171 Å². The minimum atomic E-state index is -4.45. The Morgan fingerprint density at radius 1 is 1.20 bits per heavy atom. The molecule has 0 spiro atoms. The van der Waals surface area contributed by atoms with Crippen LogP contribution in [0.15, 0.2) is 18.3 Å². The van der Waals surface area contributed by atoms with Crippen molar-refractivity contribution in [2.24, 2.45) is 5.92 Å². The number of pyridine rings is 1. The molecule has 1 saturated carbocycles. The third-order valence-corrected chi connectivity index (χ3v) is 4.41. The van der Waals surface area contributed by atoms with Gasteiger partial charge >= 0.3 is 6.18 Å². The van der Waals surface area contributed by atoms with Crippen molar-refractivity contribution in [3.63, 3.8) is 0 Å². The molecule has 0 bridgehead atoms. The highest BCUT2D eigenvalue weighted by molar-refractivity contribution is 5.92. The van der Waals surface area contributed by atoms with Crippen molar-refractivity contribution < 1.29 is 27.5 Å². The maximum absolute atomic E-state index is 12.5. The van der Waals surface area contributed by atoms with E-state index in [1.807, 2.05) is 0 Å². The van der Waals surface area contributed by atoms with Gasteiger partial charge in [0.2, 0.25) is 5.88 Å². The van der Waals surface area contributed by atoms with Crippen molar-refractivity contribution in [1.29, 1.82) is 0 Å². The van der Waals surface area contributed by atoms with E-state index in [1.54, 1.807) is 19.9 Å². The quantitative estimate of drug-likeness (QED) is 0.703. The number of aromatic nitrogens is 3. The number of aryl methyl sites for hydroxylation is 2. The van der Waals surface area contributed by atoms with Crippen LogP contribution in [0.4, 0.5) is 13.2 Å². The number of alkyl halides is 3. The number of rotatable bonds is 8. The van der Waals surface area contributed by atoms with E-state index in [0.29, 0.717) is 22.6 Å². The number of nitrogens with zero attached hydrogens (tertiary/aromatic N) is 3. The second-order valence-electron chi connectivity index (χ2n) is 7.28. The first kappa shape index (κ1) is 21.7. The van der Waals surface area contributed by atoms with Crippen molar-refractivity contribution >= 4 is 11.7 Å². The molecule has 0 aromatic carbocycles. The van der Waals surface area contributed by atoms with Crippen LogP contribution in [0.2, 0.25) is 0 Å². The summed E-state index contributed by atoms with van der Waals surface area (Å²) in [6, 6.07) is 3.11. The highest BCUT2D eigenvalue weighted by Gasteiger charge is 2.30. The van der Waals surface area contributed by atoms with Gasteiger partial charge in [-0.05, 0) is 44.4 Å². The second kappa shape index (κ2) is 8.76. The van der Waals surface area contributed by atoms with E-state index >= 15 is 0 Å². The molecule has 0 atom stereocenters. The van der Waals surface area contributed by atoms with Gasteiger partial charge in [-0.2, -0.15) is 13.2 Å². The van der Waals surface area contributed by atoms with Crippen molar-refractivity contribution in [3.05, 3.63) is 46.7 Å². The molecule has 160 valence electrons. The standard InChI is InChI=1S/C20H21F3N4O3/c1-11-5-13(9-25-19(11)30-10-20(21,22)23)8-24-18(29)15-6-12(2)26-17(27-15)7-16(28)14-3-4-14/h5-6,9,14H,3-4,7-8,10H2,1-2H3,(H,24,29). The maximum Gasteiger partial charge on any atom is 0.422 e. The van der Waals surface area contributed by atoms with Gasteiger partial charge in [0, 0.05) is 29.9 Å². The number of amides is 1. The fourth-order valence-corrected chi connectivity index (χ4v) is 2.82. The molecule has 2 heterocycles. The molecule has 3 rings (SSSR count). The van der Waals surface area contributed by atoms with E-state index < -0.39 is 18.7 Å². The first-order valence-electron chi connectivity index (χ1n) is 9.41. The lowest BCUT2D eigenvalue weighted by atomic mass is 10.2. The van der Waals surface area contributed by atoms with Crippen LogP contribution in [0.3, 0.4) is 0 Å². The summed E-state index contributed by atoms with van der Waals surface area (Å²) in [5.74, 6) is -0.0678. The molecule has 2 aromatic heterocycles. The Morgan fingerprint density at radius 2 is 1.93 bits per heavy atom. The molecule has 1 N–H and O–H groups in total. The lowest BCUT2D eigenvalue weighted by molar-refractivity contribution is -0.154. The molecular weight excluding hydrogens is 401 g/mol. The molecular formula is C20H21F3N4O3. The Morgan fingerprint density at radius 3 is 2.57 bits per heavy atom. The molecule has 1 aliphatic carbocycles. The Hall–Kier alpha value is -3.04. The lowest BCUT2D eigenvalue weighted by Crippen LogP contribution is -2.25. The molecule has 1 amide bonds. The van der Waals surface area contributed by atoms with Crippen LogP contribution in [0.5, 0.6) is 5.88 Å². The van der Waals surface area contributed by atoms with Gasteiger partial charge in [-0.1, -0.05) is 0 Å². The summed E-state index contributed by atoms with van der Waals surface area (Å²) in [4.78, 5) is 36.7. The van der Waals surface area contributed by atoms with Gasteiger partial charge in [0.15, 0.2) is 6.61 Å². The van der Waals surface area contributed by atoms with E-state index in [0.717, 1.165) is 12.8 Å². The molecule has 30 heavy (non-hydrogen) atoms. The molecule has 1 fully saturated rings. The monoisotopic (exact) mass is 422 g/mol. The van der Waals surface area contributed by atoms with Crippen LogP contribution in [0.1, 0.15) is 46.0 Å². The van der Waals surface area contributed by atoms with Crippen LogP contribution < -0.4 is 10.1 Å². The molecule has 0 radical (unpaired) electrons. The van der Waals surface area contributed by atoms with Gasteiger partial charge in [0.1, 0.15) is 17.3 Å². The summed E-state index contributed by atoms with van der Waals surface area (Å²) in [6.45, 7) is 1.97. The third kappa shape index (κ3) is 6.23. The molecule has 7 nitrogen and oxygen atoms in total. The highest BCUT2D eigenvalue weighted by Crippen LogP contribution is 2.30. The number of Topliss-reactive ketones (excluding diaryl/α,β-unsaturated/α-hetero) is 1. The van der Waals surface area contributed by atoms with E-state index in [-0.39, 0.29) is 36.2 Å². The maximum atomic E-state index is 12.5. The van der Waals surface area contributed by atoms with E-state index in [1.165, 1.54) is 12.3 Å². The molecule has 1 aliphatic rings. The smallest absolute Gasteiger partial charge is 0.422 e. The summed E-state index contributed by atoms with van der Waals surface area (Å²) < 4.78 is 41.5. The normalized spacial score (nSPS) is 13.8. The summed E-state index contributed by atoms with van der Waals surface area (Å²) in [7, 11) is 0.